The Morgan fingerprint density at radius 3 is 2.32 bits per heavy atom. The summed E-state index contributed by atoms with van der Waals surface area (Å²) in [5, 5.41) is 0. The minimum atomic E-state index is 0.546. The van der Waals surface area contributed by atoms with Crippen molar-refractivity contribution in [3.63, 3.8) is 0 Å². The molecule has 19 heavy (non-hydrogen) atoms. The van der Waals surface area contributed by atoms with Crippen molar-refractivity contribution in [1.29, 1.82) is 0 Å². The van der Waals surface area contributed by atoms with Gasteiger partial charge in [0, 0.05) is 13.7 Å². The van der Waals surface area contributed by atoms with Gasteiger partial charge in [-0.25, -0.2) is 0 Å². The number of ether oxygens (including phenoxy) is 2. The van der Waals surface area contributed by atoms with Crippen molar-refractivity contribution in [1.82, 2.24) is 0 Å². The van der Waals surface area contributed by atoms with Crippen LogP contribution in [-0.2, 0) is 24.5 Å². The van der Waals surface area contributed by atoms with E-state index in [1.54, 1.807) is 7.11 Å². The minimum Gasteiger partial charge on any atom is -0.489 e. The summed E-state index contributed by atoms with van der Waals surface area (Å²) in [4.78, 5) is 0. The van der Waals surface area contributed by atoms with Gasteiger partial charge in [0.25, 0.3) is 0 Å². The van der Waals surface area contributed by atoms with Gasteiger partial charge in [0.2, 0.25) is 0 Å². The maximum absolute atomic E-state index is 5.78. The van der Waals surface area contributed by atoms with Gasteiger partial charge in [-0.2, -0.15) is 0 Å². The van der Waals surface area contributed by atoms with Gasteiger partial charge in [-0.1, -0.05) is 36.4 Å². The topological polar surface area (TPSA) is 44.5 Å². The SMILES string of the molecule is COCc1cccc(OCc2cccc(CN)c2)c1. The van der Waals surface area contributed by atoms with Crippen LogP contribution in [0.3, 0.4) is 0 Å². The molecule has 0 aliphatic rings. The van der Waals surface area contributed by atoms with E-state index in [1.807, 2.05) is 42.5 Å². The second kappa shape index (κ2) is 6.92. The van der Waals surface area contributed by atoms with Gasteiger partial charge < -0.3 is 15.2 Å². The van der Waals surface area contributed by atoms with Crippen LogP contribution in [0.15, 0.2) is 48.5 Å². The molecule has 2 rings (SSSR count). The van der Waals surface area contributed by atoms with Crippen molar-refractivity contribution in [2.45, 2.75) is 19.8 Å². The molecule has 0 amide bonds. The Balaban J connectivity index is 1.99. The van der Waals surface area contributed by atoms with Crippen LogP contribution in [-0.4, -0.2) is 7.11 Å². The molecule has 3 nitrogen and oxygen atoms in total. The second-order valence-corrected chi connectivity index (χ2v) is 4.39. The predicted molar refractivity (Wildman–Crippen MR) is 75.8 cm³/mol. The molecule has 0 fully saturated rings. The molecule has 0 saturated carbocycles. The van der Waals surface area contributed by atoms with Gasteiger partial charge in [0.15, 0.2) is 0 Å². The van der Waals surface area contributed by atoms with Gasteiger partial charge in [0.1, 0.15) is 12.4 Å². The highest BCUT2D eigenvalue weighted by Gasteiger charge is 1.99. The number of benzene rings is 2. The number of rotatable bonds is 6. The van der Waals surface area contributed by atoms with E-state index >= 15 is 0 Å². The molecule has 2 aromatic rings. The third kappa shape index (κ3) is 4.09. The van der Waals surface area contributed by atoms with Crippen LogP contribution in [0.4, 0.5) is 0 Å². The lowest BCUT2D eigenvalue weighted by molar-refractivity contribution is 0.184. The average molecular weight is 257 g/mol. The Kier molecular flexibility index (Phi) is 4.95. The first-order chi connectivity index (χ1) is 9.31. The van der Waals surface area contributed by atoms with Crippen LogP contribution in [0.25, 0.3) is 0 Å². The summed E-state index contributed by atoms with van der Waals surface area (Å²) in [6.45, 7) is 1.70. The standard InChI is InChI=1S/C16H19NO2/c1-18-11-15-6-3-7-16(9-15)19-12-14-5-2-4-13(8-14)10-17/h2-9H,10-12,17H2,1H3. The Bertz CT molecular complexity index is 526. The molecule has 0 aliphatic carbocycles. The number of methoxy groups -OCH3 is 1. The fourth-order valence-corrected chi connectivity index (χ4v) is 1.90. The zero-order valence-corrected chi connectivity index (χ0v) is 11.1. The summed E-state index contributed by atoms with van der Waals surface area (Å²) in [7, 11) is 1.69. The third-order valence-corrected chi connectivity index (χ3v) is 2.84. The largest absolute Gasteiger partial charge is 0.489 e. The van der Waals surface area contributed by atoms with Crippen molar-refractivity contribution in [3.05, 3.63) is 65.2 Å². The molecule has 0 aliphatic heterocycles. The predicted octanol–water partition coefficient (Wildman–Crippen LogP) is 2.87. The maximum Gasteiger partial charge on any atom is 0.120 e. The van der Waals surface area contributed by atoms with Crippen LogP contribution >= 0.6 is 0 Å². The molecule has 2 aromatic carbocycles. The van der Waals surface area contributed by atoms with Crippen LogP contribution in [0.2, 0.25) is 0 Å². The monoisotopic (exact) mass is 257 g/mol. The first-order valence-electron chi connectivity index (χ1n) is 6.30. The first kappa shape index (κ1) is 13.6. The minimum absolute atomic E-state index is 0.546. The molecule has 2 N–H and O–H groups in total. The Morgan fingerprint density at radius 2 is 1.58 bits per heavy atom. The summed E-state index contributed by atoms with van der Waals surface area (Å²) >= 11 is 0. The van der Waals surface area contributed by atoms with Gasteiger partial charge >= 0.3 is 0 Å². The van der Waals surface area contributed by atoms with Gasteiger partial charge in [-0.15, -0.1) is 0 Å². The summed E-state index contributed by atoms with van der Waals surface area (Å²) in [5.74, 6) is 0.854. The molecule has 0 aromatic heterocycles. The summed E-state index contributed by atoms with van der Waals surface area (Å²) in [6.07, 6.45) is 0. The lowest BCUT2D eigenvalue weighted by Crippen LogP contribution is -2.00. The molecule has 0 bridgehead atoms. The zero-order valence-electron chi connectivity index (χ0n) is 11.1. The fourth-order valence-electron chi connectivity index (χ4n) is 1.90. The van der Waals surface area contributed by atoms with Crippen molar-refractivity contribution in [3.8, 4) is 5.75 Å². The van der Waals surface area contributed by atoms with Gasteiger partial charge in [-0.05, 0) is 28.8 Å². The van der Waals surface area contributed by atoms with E-state index in [0.717, 1.165) is 22.4 Å². The number of hydrogen-bond donors (Lipinski definition) is 1. The molecule has 0 atom stereocenters. The molecule has 0 radical (unpaired) electrons. The van der Waals surface area contributed by atoms with Crippen LogP contribution in [0.1, 0.15) is 16.7 Å². The van der Waals surface area contributed by atoms with E-state index in [-0.39, 0.29) is 0 Å². The Hall–Kier alpha value is -1.84. The molecule has 3 heteroatoms. The lowest BCUT2D eigenvalue weighted by Gasteiger charge is -2.09. The second-order valence-electron chi connectivity index (χ2n) is 4.39. The van der Waals surface area contributed by atoms with Crippen LogP contribution < -0.4 is 10.5 Å². The van der Waals surface area contributed by atoms with E-state index in [0.29, 0.717) is 19.8 Å². The highest BCUT2D eigenvalue weighted by molar-refractivity contribution is 5.29. The van der Waals surface area contributed by atoms with E-state index in [9.17, 15) is 0 Å². The molecule has 0 saturated heterocycles. The maximum atomic E-state index is 5.78. The van der Waals surface area contributed by atoms with E-state index in [4.69, 9.17) is 15.2 Å². The van der Waals surface area contributed by atoms with E-state index < -0.39 is 0 Å². The van der Waals surface area contributed by atoms with Gasteiger partial charge in [0.05, 0.1) is 6.61 Å². The number of hydrogen-bond acceptors (Lipinski definition) is 3. The molecular weight excluding hydrogens is 238 g/mol. The van der Waals surface area contributed by atoms with Crippen molar-refractivity contribution < 1.29 is 9.47 Å². The fraction of sp³-hybridized carbons (Fsp3) is 0.250. The smallest absolute Gasteiger partial charge is 0.120 e. The number of nitrogens with two attached hydrogens (primary N) is 1. The molecule has 0 heterocycles. The third-order valence-electron chi connectivity index (χ3n) is 2.84. The highest BCUT2D eigenvalue weighted by atomic mass is 16.5. The van der Waals surface area contributed by atoms with E-state index in [1.165, 1.54) is 0 Å². The van der Waals surface area contributed by atoms with Crippen molar-refractivity contribution in [2.75, 3.05) is 7.11 Å². The van der Waals surface area contributed by atoms with Crippen LogP contribution in [0.5, 0.6) is 5.75 Å². The molecule has 0 unspecified atom stereocenters. The Labute approximate surface area is 114 Å². The first-order valence-corrected chi connectivity index (χ1v) is 6.30. The summed E-state index contributed by atoms with van der Waals surface area (Å²) in [6, 6.07) is 16.1. The van der Waals surface area contributed by atoms with Crippen molar-refractivity contribution in [2.24, 2.45) is 5.73 Å². The quantitative estimate of drug-likeness (QED) is 0.865. The molecular formula is C16H19NO2. The van der Waals surface area contributed by atoms with E-state index in [2.05, 4.69) is 6.07 Å². The zero-order chi connectivity index (χ0) is 13.5. The molecule has 0 spiro atoms. The molecule has 100 valence electrons. The summed E-state index contributed by atoms with van der Waals surface area (Å²) in [5.41, 5.74) is 8.98. The lowest BCUT2D eigenvalue weighted by atomic mass is 10.1. The van der Waals surface area contributed by atoms with Gasteiger partial charge in [-0.3, -0.25) is 0 Å². The summed E-state index contributed by atoms with van der Waals surface area (Å²) < 4.78 is 10.9. The van der Waals surface area contributed by atoms with Crippen molar-refractivity contribution >= 4 is 0 Å². The average Bonchev–Trinajstić information content (AvgIpc) is 2.46. The highest BCUT2D eigenvalue weighted by Crippen LogP contribution is 2.16. The Morgan fingerprint density at radius 1 is 0.895 bits per heavy atom. The normalized spacial score (nSPS) is 10.4. The van der Waals surface area contributed by atoms with Crippen LogP contribution in [0, 0.1) is 0 Å².